The number of carboxylic acids is 1. The topological polar surface area (TPSA) is 66.4 Å². The van der Waals surface area contributed by atoms with Crippen molar-refractivity contribution in [1.29, 1.82) is 0 Å². The molecule has 0 unspecified atom stereocenters. The highest BCUT2D eigenvalue weighted by Crippen LogP contribution is 2.14. The highest BCUT2D eigenvalue weighted by atomic mass is 16.4. The first-order valence-electron chi connectivity index (χ1n) is 6.98. The molecule has 1 amide bonds. The van der Waals surface area contributed by atoms with Crippen molar-refractivity contribution in [3.8, 4) is 0 Å². The van der Waals surface area contributed by atoms with Crippen LogP contribution in [0, 0.1) is 5.92 Å². The summed E-state index contributed by atoms with van der Waals surface area (Å²) in [6, 6.07) is -0.813. The van der Waals surface area contributed by atoms with E-state index in [1.54, 1.807) is 0 Å². The fourth-order valence-electron chi connectivity index (χ4n) is 2.11. The van der Waals surface area contributed by atoms with Gasteiger partial charge in [-0.15, -0.1) is 5.73 Å². The maximum absolute atomic E-state index is 12.1. The van der Waals surface area contributed by atoms with Gasteiger partial charge in [-0.2, -0.15) is 0 Å². The van der Waals surface area contributed by atoms with Crippen molar-refractivity contribution in [1.82, 2.24) is 5.32 Å². The summed E-state index contributed by atoms with van der Waals surface area (Å²) in [5.74, 6) is -1.04. The number of nitrogens with one attached hydrogen (secondary N) is 1. The van der Waals surface area contributed by atoms with E-state index in [0.717, 1.165) is 25.7 Å². The molecule has 19 heavy (non-hydrogen) atoms. The smallest absolute Gasteiger partial charge is 0.326 e. The van der Waals surface area contributed by atoms with Gasteiger partial charge in [0.1, 0.15) is 6.04 Å². The fraction of sp³-hybridized carbons (Fsp3) is 0.667. The molecule has 0 bridgehead atoms. The molecule has 0 heterocycles. The average Bonchev–Trinajstić information content (AvgIpc) is 2.26. The number of aliphatic carboxylic acids is 1. The first kappa shape index (κ1) is 15.5. The Hall–Kier alpha value is -1.54. The van der Waals surface area contributed by atoms with Gasteiger partial charge in [0.05, 0.1) is 5.57 Å². The fourth-order valence-corrected chi connectivity index (χ4v) is 2.11. The molecule has 4 nitrogen and oxygen atoms in total. The third kappa shape index (κ3) is 5.75. The largest absolute Gasteiger partial charge is 0.480 e. The van der Waals surface area contributed by atoms with Crippen molar-refractivity contribution in [2.75, 3.05) is 0 Å². The molecule has 0 radical (unpaired) electrons. The predicted molar refractivity (Wildman–Crippen MR) is 73.7 cm³/mol. The molecule has 0 aromatic rings. The summed E-state index contributed by atoms with van der Waals surface area (Å²) in [5.41, 5.74) is 3.58. The van der Waals surface area contributed by atoms with Gasteiger partial charge in [-0.25, -0.2) is 4.79 Å². The van der Waals surface area contributed by atoms with Crippen molar-refractivity contribution in [2.24, 2.45) is 5.92 Å². The van der Waals surface area contributed by atoms with Gasteiger partial charge in [-0.05, 0) is 44.1 Å². The van der Waals surface area contributed by atoms with Crippen molar-refractivity contribution >= 4 is 11.9 Å². The second-order valence-electron chi connectivity index (χ2n) is 5.42. The minimum absolute atomic E-state index is 0.225. The van der Waals surface area contributed by atoms with Gasteiger partial charge in [0.2, 0.25) is 0 Å². The molecule has 0 aromatic heterocycles. The number of amides is 1. The molecule has 0 aliphatic heterocycles. The van der Waals surface area contributed by atoms with Gasteiger partial charge in [0.15, 0.2) is 0 Å². The summed E-state index contributed by atoms with van der Waals surface area (Å²) < 4.78 is 0. The maximum atomic E-state index is 12.1. The SMILES string of the molecule is CC(C)C[C@H](NC(=O)C1=C=CCCCCC1)C(=O)O. The Labute approximate surface area is 114 Å². The summed E-state index contributed by atoms with van der Waals surface area (Å²) in [5, 5.41) is 11.7. The lowest BCUT2D eigenvalue weighted by molar-refractivity contribution is -0.141. The van der Waals surface area contributed by atoms with Gasteiger partial charge < -0.3 is 10.4 Å². The van der Waals surface area contributed by atoms with Crippen LogP contribution in [0.3, 0.4) is 0 Å². The molecule has 106 valence electrons. The molecular weight excluding hydrogens is 242 g/mol. The summed E-state index contributed by atoms with van der Waals surface area (Å²) in [6.07, 6.45) is 7.13. The average molecular weight is 265 g/mol. The van der Waals surface area contributed by atoms with E-state index in [9.17, 15) is 9.59 Å². The van der Waals surface area contributed by atoms with E-state index in [-0.39, 0.29) is 11.8 Å². The van der Waals surface area contributed by atoms with Crippen LogP contribution in [0.5, 0.6) is 0 Å². The molecule has 4 heteroatoms. The van der Waals surface area contributed by atoms with Crippen molar-refractivity contribution in [3.63, 3.8) is 0 Å². The summed E-state index contributed by atoms with van der Waals surface area (Å²) >= 11 is 0. The number of carboxylic acid groups (broad SMARTS) is 1. The van der Waals surface area contributed by atoms with E-state index >= 15 is 0 Å². The van der Waals surface area contributed by atoms with Crippen LogP contribution >= 0.6 is 0 Å². The van der Waals surface area contributed by atoms with E-state index in [0.29, 0.717) is 18.4 Å². The minimum Gasteiger partial charge on any atom is -0.480 e. The van der Waals surface area contributed by atoms with Crippen LogP contribution in [-0.2, 0) is 9.59 Å². The zero-order valence-corrected chi connectivity index (χ0v) is 11.7. The van der Waals surface area contributed by atoms with Crippen molar-refractivity contribution in [2.45, 2.75) is 58.4 Å². The lowest BCUT2D eigenvalue weighted by Gasteiger charge is -2.17. The molecule has 1 aliphatic rings. The summed E-state index contributed by atoms with van der Waals surface area (Å²) in [7, 11) is 0. The quantitative estimate of drug-likeness (QED) is 0.751. The number of hydrogen-bond donors (Lipinski definition) is 2. The Morgan fingerprint density at radius 2 is 2.11 bits per heavy atom. The highest BCUT2D eigenvalue weighted by Gasteiger charge is 2.22. The van der Waals surface area contributed by atoms with Gasteiger partial charge in [0, 0.05) is 0 Å². The van der Waals surface area contributed by atoms with E-state index in [4.69, 9.17) is 5.11 Å². The van der Waals surface area contributed by atoms with Gasteiger partial charge in [-0.3, -0.25) is 4.79 Å². The van der Waals surface area contributed by atoms with Crippen LogP contribution in [-0.4, -0.2) is 23.0 Å². The number of carbonyl (C=O) groups is 2. The standard InChI is InChI=1S/C15H23NO3/c1-11(2)10-13(15(18)19)16-14(17)12-8-6-4-3-5-7-9-12/h6,11,13H,3-5,7,9-10H2,1-2H3,(H,16,17)(H,18,19)/t8?,13-/m0/s1. The Morgan fingerprint density at radius 3 is 2.74 bits per heavy atom. The van der Waals surface area contributed by atoms with Crippen LogP contribution in [0.4, 0.5) is 0 Å². The lowest BCUT2D eigenvalue weighted by atomic mass is 10.0. The zero-order chi connectivity index (χ0) is 14.3. The Balaban J connectivity index is 2.69. The van der Waals surface area contributed by atoms with Crippen molar-refractivity contribution < 1.29 is 14.7 Å². The number of carbonyl (C=O) groups excluding carboxylic acids is 1. The molecular formula is C15H23NO3. The monoisotopic (exact) mass is 265 g/mol. The normalized spacial score (nSPS) is 17.3. The Morgan fingerprint density at radius 1 is 1.37 bits per heavy atom. The lowest BCUT2D eigenvalue weighted by Crippen LogP contribution is -2.42. The Bertz CT molecular complexity index is 392. The molecule has 0 spiro atoms. The molecule has 0 fully saturated rings. The van der Waals surface area contributed by atoms with Crippen LogP contribution in [0.15, 0.2) is 17.4 Å². The Kier molecular flexibility index (Phi) is 6.37. The van der Waals surface area contributed by atoms with E-state index in [1.807, 2.05) is 19.9 Å². The second-order valence-corrected chi connectivity index (χ2v) is 5.42. The first-order valence-corrected chi connectivity index (χ1v) is 6.98. The van der Waals surface area contributed by atoms with E-state index in [2.05, 4.69) is 11.0 Å². The zero-order valence-electron chi connectivity index (χ0n) is 11.7. The molecule has 0 saturated carbocycles. The number of hydrogen-bond acceptors (Lipinski definition) is 2. The van der Waals surface area contributed by atoms with Crippen LogP contribution in [0.2, 0.25) is 0 Å². The van der Waals surface area contributed by atoms with Crippen LogP contribution < -0.4 is 5.32 Å². The predicted octanol–water partition coefficient (Wildman–Crippen LogP) is 2.65. The summed E-state index contributed by atoms with van der Waals surface area (Å²) in [4.78, 5) is 23.2. The van der Waals surface area contributed by atoms with Gasteiger partial charge >= 0.3 is 5.97 Å². The number of rotatable bonds is 5. The maximum Gasteiger partial charge on any atom is 0.326 e. The third-order valence-electron chi connectivity index (χ3n) is 3.14. The van der Waals surface area contributed by atoms with E-state index in [1.165, 1.54) is 0 Å². The molecule has 0 saturated heterocycles. The highest BCUT2D eigenvalue weighted by molar-refractivity contribution is 5.95. The van der Waals surface area contributed by atoms with Crippen molar-refractivity contribution in [3.05, 3.63) is 17.4 Å². The van der Waals surface area contributed by atoms with Gasteiger partial charge in [0.25, 0.3) is 5.91 Å². The first-order chi connectivity index (χ1) is 9.00. The minimum atomic E-state index is -0.975. The molecule has 2 N–H and O–H groups in total. The molecule has 1 aliphatic carbocycles. The molecule has 0 aromatic carbocycles. The summed E-state index contributed by atoms with van der Waals surface area (Å²) in [6.45, 7) is 3.88. The van der Waals surface area contributed by atoms with Crippen LogP contribution in [0.25, 0.3) is 0 Å². The molecule has 1 rings (SSSR count). The third-order valence-corrected chi connectivity index (χ3v) is 3.14. The van der Waals surface area contributed by atoms with Gasteiger partial charge in [-0.1, -0.05) is 20.3 Å². The van der Waals surface area contributed by atoms with E-state index < -0.39 is 12.0 Å². The second kappa shape index (κ2) is 7.80. The molecule has 1 atom stereocenters. The van der Waals surface area contributed by atoms with Crippen LogP contribution in [0.1, 0.15) is 52.4 Å².